The van der Waals surface area contributed by atoms with E-state index >= 15 is 0 Å². The van der Waals surface area contributed by atoms with E-state index in [0.29, 0.717) is 26.1 Å². The number of likely N-dealkylation sites (N-methyl/N-ethyl adjacent to an activating group) is 1. The number of aliphatic hydroxyl groups is 2. The van der Waals surface area contributed by atoms with Gasteiger partial charge in [-0.05, 0) is 72.7 Å². The van der Waals surface area contributed by atoms with E-state index in [4.69, 9.17) is 18.9 Å². The molecule has 13 atom stereocenters. The third kappa shape index (κ3) is 8.18. The summed E-state index contributed by atoms with van der Waals surface area (Å²) in [5.41, 5.74) is -2.18. The molecular weight excluding hydrogens is 684 g/mol. The number of esters is 1. The van der Waals surface area contributed by atoms with Crippen molar-refractivity contribution in [3.8, 4) is 0 Å². The predicted octanol–water partition coefficient (Wildman–Crippen LogP) is 2.82. The molecule has 1 amide bonds. The fourth-order valence-electron chi connectivity index (χ4n) is 9.21. The van der Waals surface area contributed by atoms with E-state index in [1.54, 1.807) is 45.0 Å². The molecule has 0 spiro atoms. The predicted molar refractivity (Wildman–Crippen MR) is 193 cm³/mol. The van der Waals surface area contributed by atoms with Crippen LogP contribution in [0.2, 0.25) is 0 Å². The zero-order valence-electron chi connectivity index (χ0n) is 32.9. The molecule has 0 unspecified atom stereocenters. The summed E-state index contributed by atoms with van der Waals surface area (Å²) >= 11 is 0. The van der Waals surface area contributed by atoms with Crippen LogP contribution in [0.5, 0.6) is 0 Å². The van der Waals surface area contributed by atoms with Gasteiger partial charge in [0, 0.05) is 55.8 Å². The Morgan fingerprint density at radius 1 is 1.04 bits per heavy atom. The van der Waals surface area contributed by atoms with Gasteiger partial charge in [-0.25, -0.2) is 4.79 Å². The van der Waals surface area contributed by atoms with Gasteiger partial charge in [-0.2, -0.15) is 0 Å². The second kappa shape index (κ2) is 16.0. The first-order chi connectivity index (χ1) is 24.8. The Bertz CT molecular complexity index is 1490. The van der Waals surface area contributed by atoms with E-state index in [1.807, 2.05) is 45.0 Å². The van der Waals surface area contributed by atoms with Crippen LogP contribution in [0, 0.1) is 23.7 Å². The number of fused-ring (bicyclic) bond motifs is 1. The Morgan fingerprint density at radius 2 is 1.72 bits per heavy atom. The van der Waals surface area contributed by atoms with Crippen molar-refractivity contribution in [3.63, 3.8) is 0 Å². The number of nitrogens with zero attached hydrogens (tertiary/aromatic N) is 4. The Labute approximate surface area is 313 Å². The number of ether oxygens (including phenoxy) is 4. The Balaban J connectivity index is 1.48. The molecular formula is C39H60N4O10. The van der Waals surface area contributed by atoms with Gasteiger partial charge in [-0.15, -0.1) is 0 Å². The van der Waals surface area contributed by atoms with Gasteiger partial charge in [0.1, 0.15) is 23.9 Å². The lowest BCUT2D eigenvalue weighted by Gasteiger charge is -2.48. The number of hydrogen-bond donors (Lipinski definition) is 2. The number of cyclic esters (lactones) is 1. The number of likely N-dealkylation sites (tertiary alicyclic amines) is 1. The number of ketones is 2. The monoisotopic (exact) mass is 744 g/mol. The number of rotatable bonds is 7. The summed E-state index contributed by atoms with van der Waals surface area (Å²) in [5, 5.41) is 23.5. The van der Waals surface area contributed by atoms with E-state index in [0.717, 1.165) is 5.56 Å². The third-order valence-electron chi connectivity index (χ3n) is 12.1. The highest BCUT2D eigenvalue weighted by Crippen LogP contribution is 2.44. The Hall–Kier alpha value is -3.01. The normalized spacial score (nSPS) is 41.1. The molecule has 14 nitrogen and oxygen atoms in total. The number of Topliss-reactive ketones (excluding diaryl/α,β-unsaturated/α-hetero) is 2. The minimum absolute atomic E-state index is 0.107. The third-order valence-corrected chi connectivity index (χ3v) is 12.1. The summed E-state index contributed by atoms with van der Waals surface area (Å²) < 4.78 is 24.6. The number of carbonyl (C=O) groups is 4. The first-order valence-electron chi connectivity index (χ1n) is 19.1. The molecule has 1 aromatic heterocycles. The molecule has 1 aromatic rings. The molecule has 4 saturated heterocycles. The van der Waals surface area contributed by atoms with Gasteiger partial charge in [0.25, 0.3) is 0 Å². The maximum atomic E-state index is 14.5. The summed E-state index contributed by atoms with van der Waals surface area (Å²) in [4.78, 5) is 66.2. The van der Waals surface area contributed by atoms with Crippen LogP contribution >= 0.6 is 0 Å². The first kappa shape index (κ1) is 41.2. The lowest BCUT2D eigenvalue weighted by atomic mass is 9.73. The lowest BCUT2D eigenvalue weighted by Crippen LogP contribution is -2.65. The molecule has 2 N–H and O–H groups in total. The smallest absolute Gasteiger partial charge is 0.411 e. The van der Waals surface area contributed by atoms with E-state index in [-0.39, 0.29) is 36.8 Å². The molecule has 4 aliphatic heterocycles. The molecule has 5 heterocycles. The first-order valence-corrected chi connectivity index (χ1v) is 19.1. The quantitative estimate of drug-likeness (QED) is 0.309. The van der Waals surface area contributed by atoms with Crippen LogP contribution in [0.4, 0.5) is 4.79 Å². The van der Waals surface area contributed by atoms with Crippen LogP contribution in [0.1, 0.15) is 80.2 Å². The van der Waals surface area contributed by atoms with E-state index < -0.39 is 83.4 Å². The number of hydrogen-bond acceptors (Lipinski definition) is 13. The van der Waals surface area contributed by atoms with Crippen molar-refractivity contribution < 1.29 is 48.3 Å². The van der Waals surface area contributed by atoms with Crippen molar-refractivity contribution >= 4 is 23.6 Å². The van der Waals surface area contributed by atoms with Gasteiger partial charge in [0.15, 0.2) is 17.7 Å². The molecule has 53 heavy (non-hydrogen) atoms. The minimum atomic E-state index is -1.80. The molecule has 0 radical (unpaired) electrons. The number of carbonyl (C=O) groups excluding carboxylic acids is 4. The van der Waals surface area contributed by atoms with Crippen LogP contribution in [0.15, 0.2) is 24.5 Å². The molecule has 0 aliphatic carbocycles. The largest absolute Gasteiger partial charge is 0.458 e. The zero-order valence-corrected chi connectivity index (χ0v) is 32.9. The maximum Gasteiger partial charge on any atom is 0.411 e. The van der Waals surface area contributed by atoms with Crippen molar-refractivity contribution in [1.29, 1.82) is 0 Å². The molecule has 5 rings (SSSR count). The van der Waals surface area contributed by atoms with Gasteiger partial charge >= 0.3 is 12.1 Å². The molecule has 0 saturated carbocycles. The highest BCUT2D eigenvalue weighted by atomic mass is 16.7. The topological polar surface area (TPSA) is 168 Å². The molecule has 4 aliphatic rings. The SMILES string of the molecule is CC[C@H]1OC(=O)[C@H](C)C(=O)[C@H](C)[C@@H](O[C@@H]2O[C@H](C)C[C@H](N(C)C)[C@H]2O)[C@](C)(O)C[C@@H](C)C(=O)[C@H](C)[C@H]2N(C3CN(Cc4cccnc4)C3)C(=O)O[C@]12C. The van der Waals surface area contributed by atoms with E-state index in [1.165, 1.54) is 13.8 Å². The van der Waals surface area contributed by atoms with Crippen molar-refractivity contribution in [3.05, 3.63) is 30.1 Å². The molecule has 14 heteroatoms. The second-order valence-electron chi connectivity index (χ2n) is 16.6. The number of amides is 1. The van der Waals surface area contributed by atoms with Gasteiger partial charge in [0.2, 0.25) is 0 Å². The summed E-state index contributed by atoms with van der Waals surface area (Å²) in [7, 11) is 3.69. The van der Waals surface area contributed by atoms with E-state index in [9.17, 15) is 29.4 Å². The summed E-state index contributed by atoms with van der Waals surface area (Å²) in [6.07, 6.45) is -1.21. The highest BCUT2D eigenvalue weighted by Gasteiger charge is 2.62. The number of aromatic nitrogens is 1. The highest BCUT2D eigenvalue weighted by molar-refractivity contribution is 6.00. The summed E-state index contributed by atoms with van der Waals surface area (Å²) in [6, 6.07) is 2.48. The van der Waals surface area contributed by atoms with Gasteiger partial charge in [-0.1, -0.05) is 33.8 Å². The van der Waals surface area contributed by atoms with Crippen LogP contribution in [0.25, 0.3) is 0 Å². The fourth-order valence-corrected chi connectivity index (χ4v) is 9.21. The number of aliphatic hydroxyl groups excluding tert-OH is 1. The Kier molecular flexibility index (Phi) is 12.4. The van der Waals surface area contributed by atoms with Crippen molar-refractivity contribution in [2.45, 2.75) is 141 Å². The van der Waals surface area contributed by atoms with Gasteiger partial charge < -0.3 is 34.1 Å². The van der Waals surface area contributed by atoms with Gasteiger partial charge in [0.05, 0.1) is 29.9 Å². The van der Waals surface area contributed by atoms with Crippen LogP contribution < -0.4 is 0 Å². The fraction of sp³-hybridized carbons (Fsp3) is 0.769. The zero-order chi connectivity index (χ0) is 39.2. The molecule has 296 valence electrons. The average molecular weight is 745 g/mol. The summed E-state index contributed by atoms with van der Waals surface area (Å²) in [6.45, 7) is 15.1. The van der Waals surface area contributed by atoms with Crippen molar-refractivity contribution in [1.82, 2.24) is 19.7 Å². The van der Waals surface area contributed by atoms with Gasteiger partial charge in [-0.3, -0.25) is 29.2 Å². The minimum Gasteiger partial charge on any atom is -0.458 e. The van der Waals surface area contributed by atoms with Crippen LogP contribution in [-0.4, -0.2) is 141 Å². The molecule has 4 fully saturated rings. The Morgan fingerprint density at radius 3 is 2.32 bits per heavy atom. The molecule has 0 aromatic carbocycles. The summed E-state index contributed by atoms with van der Waals surface area (Å²) in [5.74, 6) is -5.47. The maximum absolute atomic E-state index is 14.5. The average Bonchev–Trinajstić information content (AvgIpc) is 3.35. The standard InChI is InChI=1S/C39H60N4O10/c1-11-29-39(8)33(43(37(48)53-39)27-19-42(20-27)18-26-13-12-14-40-17-26)23(4)30(44)21(2)16-38(7,49)34(24(5)31(45)25(6)35(47)51-29)52-36-32(46)28(41(9)10)15-22(3)50-36/h12-14,17,21-25,27-29,32-34,36,46,49H,11,15-16,18-20H2,1-10H3/t21-,22-,23+,24+,25-,28+,29-,32-,33-,34-,36+,38-,39-/m1/s1. The van der Waals surface area contributed by atoms with Crippen molar-refractivity contribution in [2.75, 3.05) is 27.2 Å². The second-order valence-corrected chi connectivity index (χ2v) is 16.6. The van der Waals surface area contributed by atoms with Crippen molar-refractivity contribution in [2.24, 2.45) is 23.7 Å². The van der Waals surface area contributed by atoms with E-state index in [2.05, 4.69) is 9.88 Å². The van der Waals surface area contributed by atoms with Crippen LogP contribution in [-0.2, 0) is 39.9 Å². The van der Waals surface area contributed by atoms with Crippen LogP contribution in [0.3, 0.4) is 0 Å². The number of pyridine rings is 1. The molecule has 0 bridgehead atoms. The lowest BCUT2D eigenvalue weighted by molar-refractivity contribution is -0.293.